The third-order valence-corrected chi connectivity index (χ3v) is 3.52. The smallest absolute Gasteiger partial charge is 0.105 e. The molecule has 2 fully saturated rings. The van der Waals surface area contributed by atoms with Crippen LogP contribution in [0.1, 0.15) is 46.5 Å². The van der Waals surface area contributed by atoms with E-state index < -0.39 is 0 Å². The summed E-state index contributed by atoms with van der Waals surface area (Å²) in [5.41, 5.74) is 0.386. The van der Waals surface area contributed by atoms with E-state index in [1.165, 1.54) is 19.3 Å². The van der Waals surface area contributed by atoms with Crippen molar-refractivity contribution in [3.05, 3.63) is 0 Å². The average molecular weight is 227 g/mol. The summed E-state index contributed by atoms with van der Waals surface area (Å²) in [4.78, 5) is 0. The van der Waals surface area contributed by atoms with Gasteiger partial charge in [-0.25, -0.2) is 0 Å². The zero-order valence-corrected chi connectivity index (χ0v) is 10.8. The van der Waals surface area contributed by atoms with Gasteiger partial charge >= 0.3 is 0 Å². The van der Waals surface area contributed by atoms with Crippen molar-refractivity contribution in [1.82, 2.24) is 5.32 Å². The molecule has 1 saturated heterocycles. The first-order valence-corrected chi connectivity index (χ1v) is 6.50. The van der Waals surface area contributed by atoms with Crippen molar-refractivity contribution in [2.45, 2.75) is 63.7 Å². The predicted octanol–water partition coefficient (Wildman–Crippen LogP) is 2.10. The van der Waals surface area contributed by atoms with Gasteiger partial charge in [-0.15, -0.1) is 0 Å². The van der Waals surface area contributed by atoms with Gasteiger partial charge in [0.25, 0.3) is 0 Å². The largest absolute Gasteiger partial charge is 0.376 e. The van der Waals surface area contributed by atoms with Gasteiger partial charge in [0, 0.05) is 5.54 Å². The second-order valence-corrected chi connectivity index (χ2v) is 6.24. The second-order valence-electron chi connectivity index (χ2n) is 6.24. The maximum Gasteiger partial charge on any atom is 0.105 e. The third-order valence-electron chi connectivity index (χ3n) is 3.52. The molecular weight excluding hydrogens is 202 g/mol. The molecule has 2 rings (SSSR count). The van der Waals surface area contributed by atoms with Gasteiger partial charge in [-0.3, -0.25) is 0 Å². The van der Waals surface area contributed by atoms with Gasteiger partial charge in [-0.1, -0.05) is 0 Å². The SMILES string of the molecule is CC(C)(C)NCCC1(OC2COC2)CCC1. The zero-order chi connectivity index (χ0) is 11.6. The Morgan fingerprint density at radius 2 is 2.00 bits per heavy atom. The number of ether oxygens (including phenoxy) is 2. The van der Waals surface area contributed by atoms with Gasteiger partial charge in [-0.05, 0) is 53.0 Å². The molecule has 1 saturated carbocycles. The number of hydrogen-bond donors (Lipinski definition) is 1. The van der Waals surface area contributed by atoms with Crippen LogP contribution in [0.3, 0.4) is 0 Å². The number of hydrogen-bond acceptors (Lipinski definition) is 3. The molecule has 0 bridgehead atoms. The standard InChI is InChI=1S/C13H25NO2/c1-12(2,3)14-8-7-13(5-4-6-13)16-11-9-15-10-11/h11,14H,4-10H2,1-3H3. The van der Waals surface area contributed by atoms with Crippen molar-refractivity contribution in [1.29, 1.82) is 0 Å². The fourth-order valence-corrected chi connectivity index (χ4v) is 2.30. The first kappa shape index (κ1) is 12.3. The van der Waals surface area contributed by atoms with E-state index >= 15 is 0 Å². The molecular formula is C13H25NO2. The van der Waals surface area contributed by atoms with Crippen molar-refractivity contribution in [2.75, 3.05) is 19.8 Å². The van der Waals surface area contributed by atoms with Gasteiger partial charge < -0.3 is 14.8 Å². The molecule has 0 aromatic rings. The van der Waals surface area contributed by atoms with Crippen molar-refractivity contribution in [3.8, 4) is 0 Å². The van der Waals surface area contributed by atoms with E-state index in [1.54, 1.807) is 0 Å². The molecule has 1 aliphatic heterocycles. The van der Waals surface area contributed by atoms with Crippen LogP contribution in [-0.4, -0.2) is 37.0 Å². The van der Waals surface area contributed by atoms with E-state index in [-0.39, 0.29) is 11.1 Å². The van der Waals surface area contributed by atoms with Crippen molar-refractivity contribution >= 4 is 0 Å². The second kappa shape index (κ2) is 4.63. The van der Waals surface area contributed by atoms with Gasteiger partial charge in [-0.2, -0.15) is 0 Å². The molecule has 1 N–H and O–H groups in total. The van der Waals surface area contributed by atoms with E-state index in [9.17, 15) is 0 Å². The van der Waals surface area contributed by atoms with E-state index in [2.05, 4.69) is 26.1 Å². The Morgan fingerprint density at radius 1 is 1.31 bits per heavy atom. The maximum absolute atomic E-state index is 6.16. The molecule has 3 heteroatoms. The highest BCUT2D eigenvalue weighted by atomic mass is 16.6. The molecule has 94 valence electrons. The fraction of sp³-hybridized carbons (Fsp3) is 1.00. The molecule has 0 spiro atoms. The van der Waals surface area contributed by atoms with Crippen LogP contribution in [0.25, 0.3) is 0 Å². The van der Waals surface area contributed by atoms with Gasteiger partial charge in [0.15, 0.2) is 0 Å². The van der Waals surface area contributed by atoms with Crippen LogP contribution in [0.2, 0.25) is 0 Å². The Morgan fingerprint density at radius 3 is 2.38 bits per heavy atom. The maximum atomic E-state index is 6.16. The Kier molecular flexibility index (Phi) is 3.57. The Labute approximate surface area is 98.9 Å². The molecule has 1 aliphatic carbocycles. The first-order valence-electron chi connectivity index (χ1n) is 6.50. The van der Waals surface area contributed by atoms with Crippen molar-refractivity contribution < 1.29 is 9.47 Å². The molecule has 0 atom stereocenters. The summed E-state index contributed by atoms with van der Waals surface area (Å²) in [6.07, 6.45) is 5.30. The van der Waals surface area contributed by atoms with E-state index in [0.717, 1.165) is 26.2 Å². The lowest BCUT2D eigenvalue weighted by Gasteiger charge is -2.46. The minimum Gasteiger partial charge on any atom is -0.376 e. The summed E-state index contributed by atoms with van der Waals surface area (Å²) in [5, 5.41) is 3.54. The molecule has 0 amide bonds. The summed E-state index contributed by atoms with van der Waals surface area (Å²) in [7, 11) is 0. The Hall–Kier alpha value is -0.120. The molecule has 1 heterocycles. The van der Waals surface area contributed by atoms with Crippen LogP contribution in [0.5, 0.6) is 0 Å². The van der Waals surface area contributed by atoms with Crippen LogP contribution in [0.15, 0.2) is 0 Å². The molecule has 0 unspecified atom stereocenters. The van der Waals surface area contributed by atoms with Crippen molar-refractivity contribution in [2.24, 2.45) is 0 Å². The molecule has 3 nitrogen and oxygen atoms in total. The highest BCUT2D eigenvalue weighted by Crippen LogP contribution is 2.40. The number of nitrogens with one attached hydrogen (secondary N) is 1. The van der Waals surface area contributed by atoms with E-state index in [4.69, 9.17) is 9.47 Å². The summed E-state index contributed by atoms with van der Waals surface area (Å²) in [6.45, 7) is 9.28. The van der Waals surface area contributed by atoms with Crippen LogP contribution < -0.4 is 5.32 Å². The summed E-state index contributed by atoms with van der Waals surface area (Å²) >= 11 is 0. The summed E-state index contributed by atoms with van der Waals surface area (Å²) in [5.74, 6) is 0. The minimum atomic E-state index is 0.173. The monoisotopic (exact) mass is 227 g/mol. The lowest BCUT2D eigenvalue weighted by atomic mass is 9.77. The van der Waals surface area contributed by atoms with E-state index in [0.29, 0.717) is 6.10 Å². The minimum absolute atomic E-state index is 0.173. The molecule has 0 radical (unpaired) electrons. The van der Waals surface area contributed by atoms with Crippen molar-refractivity contribution in [3.63, 3.8) is 0 Å². The number of rotatable bonds is 5. The third kappa shape index (κ3) is 3.19. The molecule has 0 aromatic carbocycles. The fourth-order valence-electron chi connectivity index (χ4n) is 2.30. The Bertz CT molecular complexity index is 227. The molecule has 16 heavy (non-hydrogen) atoms. The molecule has 0 aromatic heterocycles. The van der Waals surface area contributed by atoms with E-state index in [1.807, 2.05) is 0 Å². The zero-order valence-electron chi connectivity index (χ0n) is 10.8. The average Bonchev–Trinajstić information content (AvgIpc) is 2.02. The first-order chi connectivity index (χ1) is 7.49. The quantitative estimate of drug-likeness (QED) is 0.780. The highest BCUT2D eigenvalue weighted by molar-refractivity contribution is 4.92. The Balaban J connectivity index is 1.71. The normalized spacial score (nSPS) is 24.9. The predicted molar refractivity (Wildman–Crippen MR) is 64.6 cm³/mol. The van der Waals surface area contributed by atoms with Gasteiger partial charge in [0.05, 0.1) is 18.8 Å². The van der Waals surface area contributed by atoms with Crippen LogP contribution in [0, 0.1) is 0 Å². The summed E-state index contributed by atoms with van der Waals surface area (Å²) in [6, 6.07) is 0. The van der Waals surface area contributed by atoms with Crippen LogP contribution in [-0.2, 0) is 9.47 Å². The van der Waals surface area contributed by atoms with Gasteiger partial charge in [0.1, 0.15) is 6.10 Å². The molecule has 2 aliphatic rings. The lowest BCUT2D eigenvalue weighted by Crippen LogP contribution is -2.51. The van der Waals surface area contributed by atoms with Gasteiger partial charge in [0.2, 0.25) is 0 Å². The van der Waals surface area contributed by atoms with Crippen LogP contribution in [0.4, 0.5) is 0 Å². The lowest BCUT2D eigenvalue weighted by molar-refractivity contribution is -0.217. The highest BCUT2D eigenvalue weighted by Gasteiger charge is 2.41. The summed E-state index contributed by atoms with van der Waals surface area (Å²) < 4.78 is 11.3. The topological polar surface area (TPSA) is 30.5 Å². The van der Waals surface area contributed by atoms with Crippen LogP contribution >= 0.6 is 0 Å².